The van der Waals surface area contributed by atoms with Gasteiger partial charge in [0.1, 0.15) is 11.9 Å². The Kier molecular flexibility index (Phi) is 2.84. The fourth-order valence-corrected chi connectivity index (χ4v) is 1.91. The number of hydrogen-bond acceptors (Lipinski definition) is 4. The van der Waals surface area contributed by atoms with E-state index in [0.717, 1.165) is 25.3 Å². The van der Waals surface area contributed by atoms with Gasteiger partial charge in [-0.15, -0.1) is 0 Å². The van der Waals surface area contributed by atoms with Crippen LogP contribution < -0.4 is 4.90 Å². The second kappa shape index (κ2) is 4.28. The molecule has 4 heteroatoms. The number of aliphatic hydroxyl groups excluding tert-OH is 1. The van der Waals surface area contributed by atoms with Gasteiger partial charge in [-0.3, -0.25) is 0 Å². The molecule has 1 aromatic heterocycles. The first-order valence-corrected chi connectivity index (χ1v) is 5.06. The van der Waals surface area contributed by atoms with Crippen molar-refractivity contribution in [3.05, 3.63) is 23.9 Å². The molecule has 1 unspecified atom stereocenters. The lowest BCUT2D eigenvalue weighted by atomic mass is 10.1. The predicted octanol–water partition coefficient (Wildman–Crippen LogP) is 0.772. The number of hydrogen-bond donors (Lipinski definition) is 1. The van der Waals surface area contributed by atoms with E-state index in [-0.39, 0.29) is 6.61 Å². The maximum Gasteiger partial charge on any atom is 0.146 e. The molecule has 2 rings (SSSR count). The fourth-order valence-electron chi connectivity index (χ4n) is 1.91. The van der Waals surface area contributed by atoms with Gasteiger partial charge in [-0.05, 0) is 18.6 Å². The Morgan fingerprint density at radius 3 is 3.20 bits per heavy atom. The molecule has 1 fully saturated rings. The van der Waals surface area contributed by atoms with Crippen molar-refractivity contribution in [3.63, 3.8) is 0 Å². The van der Waals surface area contributed by atoms with Crippen LogP contribution in [-0.4, -0.2) is 29.8 Å². The Balaban J connectivity index is 2.20. The second-order valence-electron chi connectivity index (χ2n) is 3.77. The average Bonchev–Trinajstić information content (AvgIpc) is 2.77. The van der Waals surface area contributed by atoms with Crippen molar-refractivity contribution >= 4 is 5.82 Å². The number of nitriles is 1. The number of pyridine rings is 1. The van der Waals surface area contributed by atoms with Crippen molar-refractivity contribution in [2.45, 2.75) is 6.42 Å². The third-order valence-corrected chi connectivity index (χ3v) is 2.75. The van der Waals surface area contributed by atoms with Crippen molar-refractivity contribution in [1.29, 1.82) is 5.26 Å². The summed E-state index contributed by atoms with van der Waals surface area (Å²) in [5.41, 5.74) is 0.607. The molecule has 1 atom stereocenters. The van der Waals surface area contributed by atoms with Gasteiger partial charge in [-0.25, -0.2) is 4.98 Å². The highest BCUT2D eigenvalue weighted by Gasteiger charge is 2.24. The summed E-state index contributed by atoms with van der Waals surface area (Å²) in [5, 5.41) is 18.0. The minimum atomic E-state index is 0.214. The Labute approximate surface area is 88.8 Å². The first-order valence-electron chi connectivity index (χ1n) is 5.06. The first kappa shape index (κ1) is 9.94. The Morgan fingerprint density at radius 2 is 2.53 bits per heavy atom. The van der Waals surface area contributed by atoms with Crippen molar-refractivity contribution < 1.29 is 5.11 Å². The molecule has 1 aliphatic rings. The lowest BCUT2D eigenvalue weighted by molar-refractivity contribution is 0.238. The predicted molar refractivity (Wildman–Crippen MR) is 56.4 cm³/mol. The average molecular weight is 203 g/mol. The van der Waals surface area contributed by atoms with Gasteiger partial charge < -0.3 is 10.0 Å². The van der Waals surface area contributed by atoms with Gasteiger partial charge in [0.15, 0.2) is 0 Å². The van der Waals surface area contributed by atoms with Crippen LogP contribution in [0, 0.1) is 17.2 Å². The molecule has 0 saturated carbocycles. The van der Waals surface area contributed by atoms with E-state index in [1.54, 1.807) is 18.3 Å². The van der Waals surface area contributed by atoms with E-state index < -0.39 is 0 Å². The molecule has 2 heterocycles. The van der Waals surface area contributed by atoms with Crippen LogP contribution in [0.1, 0.15) is 12.0 Å². The molecular formula is C11H13N3O. The molecule has 0 bridgehead atoms. The number of nitrogens with zero attached hydrogens (tertiary/aromatic N) is 3. The molecule has 0 radical (unpaired) electrons. The van der Waals surface area contributed by atoms with Crippen LogP contribution in [0.25, 0.3) is 0 Å². The molecule has 1 aromatic rings. The normalized spacial score (nSPS) is 20.3. The minimum absolute atomic E-state index is 0.214. The minimum Gasteiger partial charge on any atom is -0.396 e. The number of rotatable bonds is 2. The highest BCUT2D eigenvalue weighted by Crippen LogP contribution is 2.24. The van der Waals surface area contributed by atoms with E-state index in [4.69, 9.17) is 10.4 Å². The van der Waals surface area contributed by atoms with Crippen LogP contribution in [0.4, 0.5) is 5.82 Å². The van der Waals surface area contributed by atoms with Crippen LogP contribution in [0.15, 0.2) is 18.3 Å². The summed E-state index contributed by atoms with van der Waals surface area (Å²) in [4.78, 5) is 6.29. The summed E-state index contributed by atoms with van der Waals surface area (Å²) in [6, 6.07) is 5.68. The van der Waals surface area contributed by atoms with Crippen LogP contribution in [-0.2, 0) is 0 Å². The fraction of sp³-hybridized carbons (Fsp3) is 0.455. The van der Waals surface area contributed by atoms with Crippen LogP contribution >= 0.6 is 0 Å². The third kappa shape index (κ3) is 1.92. The van der Waals surface area contributed by atoms with Gasteiger partial charge in [0, 0.05) is 31.8 Å². The van der Waals surface area contributed by atoms with E-state index in [1.807, 2.05) is 0 Å². The Bertz CT molecular complexity index is 386. The van der Waals surface area contributed by atoms with Crippen molar-refractivity contribution in [3.8, 4) is 6.07 Å². The smallest absolute Gasteiger partial charge is 0.146 e. The van der Waals surface area contributed by atoms with Gasteiger partial charge in [0.25, 0.3) is 0 Å². The largest absolute Gasteiger partial charge is 0.396 e. The van der Waals surface area contributed by atoms with Gasteiger partial charge in [-0.1, -0.05) is 0 Å². The first-order chi connectivity index (χ1) is 7.35. The lowest BCUT2D eigenvalue weighted by Gasteiger charge is -2.17. The maximum absolute atomic E-state index is 9.05. The van der Waals surface area contributed by atoms with Gasteiger partial charge in [0.2, 0.25) is 0 Å². The van der Waals surface area contributed by atoms with Crippen LogP contribution in [0.3, 0.4) is 0 Å². The highest BCUT2D eigenvalue weighted by atomic mass is 16.3. The van der Waals surface area contributed by atoms with Crippen molar-refractivity contribution in [2.75, 3.05) is 24.6 Å². The molecule has 0 aliphatic carbocycles. The summed E-state index contributed by atoms with van der Waals surface area (Å²) >= 11 is 0. The number of anilines is 1. The topological polar surface area (TPSA) is 60.2 Å². The number of aliphatic hydroxyl groups is 1. The molecule has 1 saturated heterocycles. The maximum atomic E-state index is 9.05. The monoisotopic (exact) mass is 203 g/mol. The van der Waals surface area contributed by atoms with Gasteiger partial charge in [-0.2, -0.15) is 5.26 Å². The van der Waals surface area contributed by atoms with E-state index in [2.05, 4.69) is 16.0 Å². The molecular weight excluding hydrogens is 190 g/mol. The van der Waals surface area contributed by atoms with E-state index in [9.17, 15) is 0 Å². The summed E-state index contributed by atoms with van der Waals surface area (Å²) in [7, 11) is 0. The zero-order valence-corrected chi connectivity index (χ0v) is 8.43. The molecule has 0 spiro atoms. The number of aromatic nitrogens is 1. The zero-order chi connectivity index (χ0) is 10.7. The lowest BCUT2D eigenvalue weighted by Crippen LogP contribution is -2.22. The zero-order valence-electron chi connectivity index (χ0n) is 8.43. The van der Waals surface area contributed by atoms with E-state index in [1.165, 1.54) is 0 Å². The molecule has 4 nitrogen and oxygen atoms in total. The highest BCUT2D eigenvalue weighted by molar-refractivity contribution is 5.53. The summed E-state index contributed by atoms with van der Waals surface area (Å²) in [6.07, 6.45) is 2.67. The van der Waals surface area contributed by atoms with Crippen LogP contribution in [0.5, 0.6) is 0 Å². The summed E-state index contributed by atoms with van der Waals surface area (Å²) in [5.74, 6) is 1.06. The molecule has 1 aliphatic heterocycles. The SMILES string of the molecule is N#Cc1cccnc1N1CCC(CO)C1. The van der Waals surface area contributed by atoms with Gasteiger partial charge >= 0.3 is 0 Å². The van der Waals surface area contributed by atoms with Gasteiger partial charge in [0.05, 0.1) is 5.56 Å². The quantitative estimate of drug-likeness (QED) is 0.771. The molecule has 78 valence electrons. The molecule has 1 N–H and O–H groups in total. The Morgan fingerprint density at radius 1 is 1.67 bits per heavy atom. The molecule has 0 amide bonds. The van der Waals surface area contributed by atoms with E-state index >= 15 is 0 Å². The second-order valence-corrected chi connectivity index (χ2v) is 3.77. The molecule has 15 heavy (non-hydrogen) atoms. The molecule has 0 aromatic carbocycles. The summed E-state index contributed by atoms with van der Waals surface area (Å²) in [6.45, 7) is 1.88. The van der Waals surface area contributed by atoms with Crippen molar-refractivity contribution in [2.24, 2.45) is 5.92 Å². The van der Waals surface area contributed by atoms with E-state index in [0.29, 0.717) is 11.5 Å². The Hall–Kier alpha value is -1.60. The third-order valence-electron chi connectivity index (χ3n) is 2.75. The standard InChI is InChI=1S/C11H13N3O/c12-6-10-2-1-4-13-11(10)14-5-3-9(7-14)8-15/h1-2,4,9,15H,3,5,7-8H2. The van der Waals surface area contributed by atoms with Crippen LogP contribution in [0.2, 0.25) is 0 Å². The summed E-state index contributed by atoms with van der Waals surface area (Å²) < 4.78 is 0. The van der Waals surface area contributed by atoms with Crippen molar-refractivity contribution in [1.82, 2.24) is 4.98 Å².